The minimum Gasteiger partial charge on any atom is -0.481 e. The van der Waals surface area contributed by atoms with Crippen LogP contribution in [0.3, 0.4) is 0 Å². The van der Waals surface area contributed by atoms with E-state index in [9.17, 15) is 22.8 Å². The second-order valence-electron chi connectivity index (χ2n) is 4.68. The Kier molecular flexibility index (Phi) is 5.75. The van der Waals surface area contributed by atoms with Gasteiger partial charge in [0.2, 0.25) is 5.91 Å². The van der Waals surface area contributed by atoms with Gasteiger partial charge in [0.15, 0.2) is 0 Å². The summed E-state index contributed by atoms with van der Waals surface area (Å²) in [6.07, 6.45) is -3.70. The summed E-state index contributed by atoms with van der Waals surface area (Å²) in [7, 11) is 0. The number of amides is 1. The van der Waals surface area contributed by atoms with Crippen LogP contribution in [-0.2, 0) is 15.8 Å². The van der Waals surface area contributed by atoms with Crippen molar-refractivity contribution < 1.29 is 27.9 Å². The number of nitrogens with one attached hydrogen (secondary N) is 1. The standard InChI is InChI=1S/C14H16F3NO3/c1-9-6-7-10(8-11(9)14(15,16)17)18-12(19)4-2-3-5-13(20)21/h6-8H,2-5H2,1H3,(H,18,19)(H,20,21). The van der Waals surface area contributed by atoms with Gasteiger partial charge in [-0.3, -0.25) is 9.59 Å². The summed E-state index contributed by atoms with van der Waals surface area (Å²) in [5, 5.41) is 10.8. The average molecular weight is 303 g/mol. The minimum absolute atomic E-state index is 0.0317. The summed E-state index contributed by atoms with van der Waals surface area (Å²) < 4.78 is 38.2. The number of carbonyl (C=O) groups is 2. The quantitative estimate of drug-likeness (QED) is 0.789. The number of halogens is 3. The Morgan fingerprint density at radius 1 is 1.19 bits per heavy atom. The van der Waals surface area contributed by atoms with Crippen molar-refractivity contribution in [2.45, 2.75) is 38.8 Å². The number of alkyl halides is 3. The molecule has 0 unspecified atom stereocenters. The first-order valence-corrected chi connectivity index (χ1v) is 6.39. The third kappa shape index (κ3) is 5.85. The fourth-order valence-corrected chi connectivity index (χ4v) is 1.79. The molecule has 0 saturated heterocycles. The van der Waals surface area contributed by atoms with Crippen molar-refractivity contribution >= 4 is 17.6 Å². The van der Waals surface area contributed by atoms with E-state index >= 15 is 0 Å². The zero-order valence-corrected chi connectivity index (χ0v) is 11.5. The van der Waals surface area contributed by atoms with Crippen molar-refractivity contribution in [1.82, 2.24) is 0 Å². The zero-order valence-electron chi connectivity index (χ0n) is 11.5. The number of aliphatic carboxylic acids is 1. The van der Waals surface area contributed by atoms with Gasteiger partial charge in [0.1, 0.15) is 0 Å². The van der Waals surface area contributed by atoms with Crippen LogP contribution in [0.1, 0.15) is 36.8 Å². The summed E-state index contributed by atoms with van der Waals surface area (Å²) in [4.78, 5) is 21.9. The predicted molar refractivity (Wildman–Crippen MR) is 70.9 cm³/mol. The van der Waals surface area contributed by atoms with E-state index in [1.165, 1.54) is 19.1 Å². The minimum atomic E-state index is -4.47. The molecule has 1 aromatic rings. The highest BCUT2D eigenvalue weighted by molar-refractivity contribution is 5.90. The highest BCUT2D eigenvalue weighted by atomic mass is 19.4. The van der Waals surface area contributed by atoms with Crippen molar-refractivity contribution in [2.75, 3.05) is 5.32 Å². The number of benzene rings is 1. The number of unbranched alkanes of at least 4 members (excludes halogenated alkanes) is 1. The van der Waals surface area contributed by atoms with Crippen LogP contribution in [0, 0.1) is 6.92 Å². The summed E-state index contributed by atoms with van der Waals surface area (Å²) in [5.74, 6) is -1.37. The molecule has 0 radical (unpaired) electrons. The zero-order chi connectivity index (χ0) is 16.0. The lowest BCUT2D eigenvalue weighted by molar-refractivity contribution is -0.138. The lowest BCUT2D eigenvalue weighted by Crippen LogP contribution is -2.13. The first-order chi connectivity index (χ1) is 9.70. The van der Waals surface area contributed by atoms with Gasteiger partial charge in [0.25, 0.3) is 0 Å². The first kappa shape index (κ1) is 17.0. The number of anilines is 1. The molecule has 4 nitrogen and oxygen atoms in total. The molecule has 1 aromatic carbocycles. The molecule has 0 aromatic heterocycles. The van der Waals surface area contributed by atoms with Gasteiger partial charge in [-0.25, -0.2) is 0 Å². The molecule has 0 bridgehead atoms. The maximum atomic E-state index is 12.7. The number of hydrogen-bond donors (Lipinski definition) is 2. The molecule has 1 amide bonds. The molecule has 0 saturated carbocycles. The molecule has 7 heteroatoms. The molecular weight excluding hydrogens is 287 g/mol. The van der Waals surface area contributed by atoms with Crippen LogP contribution in [-0.4, -0.2) is 17.0 Å². The Morgan fingerprint density at radius 2 is 1.81 bits per heavy atom. The monoisotopic (exact) mass is 303 g/mol. The summed E-state index contributed by atoms with van der Waals surface area (Å²) in [5.41, 5.74) is -0.621. The molecular formula is C14H16F3NO3. The van der Waals surface area contributed by atoms with Gasteiger partial charge in [-0.1, -0.05) is 6.07 Å². The van der Waals surface area contributed by atoms with Gasteiger partial charge < -0.3 is 10.4 Å². The lowest BCUT2D eigenvalue weighted by Gasteiger charge is -2.12. The van der Waals surface area contributed by atoms with Gasteiger partial charge >= 0.3 is 12.1 Å². The molecule has 0 fully saturated rings. The maximum absolute atomic E-state index is 12.7. The number of rotatable bonds is 6. The van der Waals surface area contributed by atoms with Crippen LogP contribution in [0.4, 0.5) is 18.9 Å². The lowest BCUT2D eigenvalue weighted by atomic mass is 10.1. The number of carbonyl (C=O) groups excluding carboxylic acids is 1. The number of carboxylic acids is 1. The summed E-state index contributed by atoms with van der Waals surface area (Å²) in [6, 6.07) is 3.59. The highest BCUT2D eigenvalue weighted by Crippen LogP contribution is 2.33. The van der Waals surface area contributed by atoms with Crippen LogP contribution in [0.15, 0.2) is 18.2 Å². The summed E-state index contributed by atoms with van der Waals surface area (Å²) in [6.45, 7) is 1.35. The van der Waals surface area contributed by atoms with E-state index in [4.69, 9.17) is 5.11 Å². The topological polar surface area (TPSA) is 66.4 Å². The van der Waals surface area contributed by atoms with E-state index in [-0.39, 0.29) is 24.1 Å². The second kappa shape index (κ2) is 7.10. The first-order valence-electron chi connectivity index (χ1n) is 6.39. The smallest absolute Gasteiger partial charge is 0.416 e. The van der Waals surface area contributed by atoms with Crippen molar-refractivity contribution in [3.8, 4) is 0 Å². The maximum Gasteiger partial charge on any atom is 0.416 e. The Bertz CT molecular complexity index is 527. The van der Waals surface area contributed by atoms with Crippen LogP contribution in [0.25, 0.3) is 0 Å². The molecule has 2 N–H and O–H groups in total. The molecule has 0 spiro atoms. The third-order valence-electron chi connectivity index (χ3n) is 2.87. The van der Waals surface area contributed by atoms with Gasteiger partial charge in [0, 0.05) is 18.5 Å². The van der Waals surface area contributed by atoms with Gasteiger partial charge in [-0.2, -0.15) is 13.2 Å². The van der Waals surface area contributed by atoms with Crippen LogP contribution >= 0.6 is 0 Å². The Balaban J connectivity index is 2.59. The van der Waals surface area contributed by atoms with E-state index in [2.05, 4.69) is 5.32 Å². The number of carboxylic acid groups (broad SMARTS) is 1. The van der Waals surface area contributed by atoms with E-state index in [0.717, 1.165) is 6.07 Å². The van der Waals surface area contributed by atoms with Crippen molar-refractivity contribution in [2.24, 2.45) is 0 Å². The highest BCUT2D eigenvalue weighted by Gasteiger charge is 2.32. The largest absolute Gasteiger partial charge is 0.481 e. The van der Waals surface area contributed by atoms with Gasteiger partial charge in [-0.05, 0) is 37.5 Å². The van der Waals surface area contributed by atoms with E-state index in [1.807, 2.05) is 0 Å². The molecule has 1 rings (SSSR count). The fraction of sp³-hybridized carbons (Fsp3) is 0.429. The van der Waals surface area contributed by atoms with Gasteiger partial charge in [-0.15, -0.1) is 0 Å². The van der Waals surface area contributed by atoms with Gasteiger partial charge in [0.05, 0.1) is 5.56 Å². The predicted octanol–water partition coefficient (Wildman–Crippen LogP) is 3.60. The molecule has 0 aliphatic carbocycles. The molecule has 0 aliphatic heterocycles. The third-order valence-corrected chi connectivity index (χ3v) is 2.87. The molecule has 116 valence electrons. The normalized spacial score (nSPS) is 11.2. The Morgan fingerprint density at radius 3 is 2.38 bits per heavy atom. The van der Waals surface area contributed by atoms with Crippen LogP contribution in [0.5, 0.6) is 0 Å². The number of hydrogen-bond acceptors (Lipinski definition) is 2. The fourth-order valence-electron chi connectivity index (χ4n) is 1.79. The molecule has 0 heterocycles. The Hall–Kier alpha value is -2.05. The average Bonchev–Trinajstić information content (AvgIpc) is 2.35. The van der Waals surface area contributed by atoms with Crippen LogP contribution in [0.2, 0.25) is 0 Å². The summed E-state index contributed by atoms with van der Waals surface area (Å²) >= 11 is 0. The molecule has 0 atom stereocenters. The number of aryl methyl sites for hydroxylation is 1. The van der Waals surface area contributed by atoms with Crippen molar-refractivity contribution in [3.05, 3.63) is 29.3 Å². The molecule has 0 aliphatic rings. The SMILES string of the molecule is Cc1ccc(NC(=O)CCCCC(=O)O)cc1C(F)(F)F. The van der Waals surface area contributed by atoms with E-state index in [1.54, 1.807) is 0 Å². The second-order valence-corrected chi connectivity index (χ2v) is 4.68. The Labute approximate surface area is 120 Å². The van der Waals surface area contributed by atoms with E-state index < -0.39 is 23.6 Å². The van der Waals surface area contributed by atoms with E-state index in [0.29, 0.717) is 12.8 Å². The van der Waals surface area contributed by atoms with Crippen molar-refractivity contribution in [3.63, 3.8) is 0 Å². The van der Waals surface area contributed by atoms with Crippen LogP contribution < -0.4 is 5.32 Å². The van der Waals surface area contributed by atoms with Crippen molar-refractivity contribution in [1.29, 1.82) is 0 Å². The molecule has 21 heavy (non-hydrogen) atoms.